The van der Waals surface area contributed by atoms with Gasteiger partial charge in [-0.15, -0.1) is 0 Å². The standard InChI is InChI=1S/C5H8F3O2/c6-5(7,8)4-10-3-1-2-9/h1-4H2. The first kappa shape index (κ1) is 9.71. The second-order valence-corrected chi connectivity index (χ2v) is 1.73. The molecule has 0 rings (SSSR count). The Morgan fingerprint density at radius 1 is 1.30 bits per heavy atom. The van der Waals surface area contributed by atoms with Crippen molar-refractivity contribution in [3.63, 3.8) is 0 Å². The van der Waals surface area contributed by atoms with Gasteiger partial charge in [-0.2, -0.15) is 13.2 Å². The van der Waals surface area contributed by atoms with Gasteiger partial charge in [0.15, 0.2) is 0 Å². The van der Waals surface area contributed by atoms with Gasteiger partial charge in [0.25, 0.3) is 0 Å². The van der Waals surface area contributed by atoms with Crippen molar-refractivity contribution in [1.29, 1.82) is 0 Å². The van der Waals surface area contributed by atoms with Crippen molar-refractivity contribution in [2.75, 3.05) is 19.8 Å². The van der Waals surface area contributed by atoms with Crippen LogP contribution < -0.4 is 0 Å². The maximum Gasteiger partial charge on any atom is 0.411 e. The van der Waals surface area contributed by atoms with Crippen LogP contribution in [0.5, 0.6) is 0 Å². The van der Waals surface area contributed by atoms with Crippen molar-refractivity contribution >= 4 is 0 Å². The van der Waals surface area contributed by atoms with Crippen LogP contribution in [0, 0.1) is 0 Å². The molecule has 0 spiro atoms. The van der Waals surface area contributed by atoms with E-state index in [9.17, 15) is 18.3 Å². The fourth-order valence-corrected chi connectivity index (χ4v) is 0.349. The number of ether oxygens (including phenoxy) is 1. The molecule has 0 amide bonds. The van der Waals surface area contributed by atoms with Gasteiger partial charge in [0, 0.05) is 6.61 Å². The Morgan fingerprint density at radius 2 is 1.90 bits per heavy atom. The molecule has 0 N–H and O–H groups in total. The summed E-state index contributed by atoms with van der Waals surface area (Å²) >= 11 is 0. The average molecular weight is 157 g/mol. The average Bonchev–Trinajstić information content (AvgIpc) is 1.78. The predicted molar refractivity (Wildman–Crippen MR) is 27.0 cm³/mol. The molecule has 0 aliphatic rings. The van der Waals surface area contributed by atoms with E-state index < -0.39 is 19.4 Å². The summed E-state index contributed by atoms with van der Waals surface area (Å²) in [6.45, 7) is -1.76. The largest absolute Gasteiger partial charge is 0.411 e. The van der Waals surface area contributed by atoms with Crippen LogP contribution in [-0.4, -0.2) is 26.0 Å². The molecular weight excluding hydrogens is 149 g/mol. The highest BCUT2D eigenvalue weighted by Gasteiger charge is 2.26. The maximum absolute atomic E-state index is 11.3. The summed E-state index contributed by atoms with van der Waals surface area (Å²) in [7, 11) is 0. The monoisotopic (exact) mass is 157 g/mol. The van der Waals surface area contributed by atoms with E-state index >= 15 is 0 Å². The Labute approximate surface area is 56.6 Å². The summed E-state index contributed by atoms with van der Waals surface area (Å²) in [4.78, 5) is 0. The highest BCUT2D eigenvalue weighted by atomic mass is 19.4. The number of rotatable bonds is 4. The molecule has 0 aliphatic heterocycles. The van der Waals surface area contributed by atoms with Crippen LogP contribution in [0.15, 0.2) is 0 Å². The fraction of sp³-hybridized carbons (Fsp3) is 1.00. The van der Waals surface area contributed by atoms with Gasteiger partial charge in [-0.05, 0) is 6.42 Å². The summed E-state index contributed by atoms with van der Waals surface area (Å²) in [5, 5.41) is 9.69. The van der Waals surface area contributed by atoms with Crippen LogP contribution in [0.3, 0.4) is 0 Å². The molecule has 5 heteroatoms. The first-order valence-corrected chi connectivity index (χ1v) is 2.79. The summed E-state index contributed by atoms with van der Waals surface area (Å²) in [5.74, 6) is 0. The zero-order valence-electron chi connectivity index (χ0n) is 5.28. The molecule has 0 heterocycles. The van der Waals surface area contributed by atoms with E-state index in [0.717, 1.165) is 0 Å². The minimum atomic E-state index is -4.27. The van der Waals surface area contributed by atoms with Gasteiger partial charge in [0.2, 0.25) is 0 Å². The fourth-order valence-electron chi connectivity index (χ4n) is 0.349. The Balaban J connectivity index is 3.04. The summed E-state index contributed by atoms with van der Waals surface area (Å²) < 4.78 is 38.0. The third-order valence-corrected chi connectivity index (χ3v) is 0.699. The second-order valence-electron chi connectivity index (χ2n) is 1.73. The summed E-state index contributed by atoms with van der Waals surface area (Å²) in [6.07, 6.45) is -4.14. The van der Waals surface area contributed by atoms with Gasteiger partial charge in [-0.3, -0.25) is 0 Å². The van der Waals surface area contributed by atoms with Crippen LogP contribution >= 0.6 is 0 Å². The molecule has 0 aromatic rings. The third kappa shape index (κ3) is 7.71. The van der Waals surface area contributed by atoms with Crippen LogP contribution in [0.2, 0.25) is 0 Å². The molecule has 2 nitrogen and oxygen atoms in total. The van der Waals surface area contributed by atoms with Gasteiger partial charge in [-0.1, -0.05) is 0 Å². The zero-order valence-corrected chi connectivity index (χ0v) is 5.28. The van der Waals surface area contributed by atoms with Gasteiger partial charge in [0.1, 0.15) is 6.61 Å². The second kappa shape index (κ2) is 4.51. The molecule has 0 aliphatic carbocycles. The van der Waals surface area contributed by atoms with Crippen LogP contribution in [0.25, 0.3) is 0 Å². The third-order valence-electron chi connectivity index (χ3n) is 0.699. The topological polar surface area (TPSA) is 29.1 Å². The normalized spacial score (nSPS) is 12.0. The van der Waals surface area contributed by atoms with Crippen LogP contribution in [0.1, 0.15) is 6.42 Å². The maximum atomic E-state index is 11.3. The molecule has 0 fully saturated rings. The van der Waals surface area contributed by atoms with Crippen molar-refractivity contribution in [3.05, 3.63) is 0 Å². The molecular formula is C5H8F3O2. The smallest absolute Gasteiger partial charge is 0.372 e. The van der Waals surface area contributed by atoms with Crippen molar-refractivity contribution in [1.82, 2.24) is 0 Å². The molecule has 0 aromatic carbocycles. The zero-order chi connectivity index (χ0) is 8.04. The lowest BCUT2D eigenvalue weighted by Gasteiger charge is -2.05. The highest BCUT2D eigenvalue weighted by molar-refractivity contribution is 4.44. The molecule has 0 aromatic heterocycles. The Bertz CT molecular complexity index is 81.5. The van der Waals surface area contributed by atoms with E-state index in [2.05, 4.69) is 4.74 Å². The summed E-state index contributed by atoms with van der Waals surface area (Å²) in [5.41, 5.74) is 0. The molecule has 1 radical (unpaired) electrons. The first-order chi connectivity index (χ1) is 4.56. The van der Waals surface area contributed by atoms with Crippen molar-refractivity contribution in [2.45, 2.75) is 12.6 Å². The number of hydrogen-bond acceptors (Lipinski definition) is 1. The lowest BCUT2D eigenvalue weighted by Crippen LogP contribution is -2.17. The van der Waals surface area contributed by atoms with Crippen LogP contribution in [-0.2, 0) is 9.84 Å². The molecule has 0 saturated carbocycles. The molecule has 0 unspecified atom stereocenters. The minimum absolute atomic E-state index is 0.108. The minimum Gasteiger partial charge on any atom is -0.372 e. The molecule has 0 atom stereocenters. The Morgan fingerprint density at radius 3 is 2.30 bits per heavy atom. The number of hydrogen-bond donors (Lipinski definition) is 0. The van der Waals surface area contributed by atoms with Crippen molar-refractivity contribution < 1.29 is 23.0 Å². The summed E-state index contributed by atoms with van der Waals surface area (Å²) in [6, 6.07) is 0. The lowest BCUT2D eigenvalue weighted by molar-refractivity contribution is -0.174. The first-order valence-electron chi connectivity index (χ1n) is 2.79. The van der Waals surface area contributed by atoms with E-state index in [1.54, 1.807) is 0 Å². The number of alkyl halides is 3. The van der Waals surface area contributed by atoms with Crippen molar-refractivity contribution in [3.8, 4) is 0 Å². The Kier molecular flexibility index (Phi) is 4.38. The van der Waals surface area contributed by atoms with Gasteiger partial charge in [0.05, 0.1) is 6.61 Å². The van der Waals surface area contributed by atoms with E-state index in [4.69, 9.17) is 0 Å². The predicted octanol–water partition coefficient (Wildman–Crippen LogP) is 1.39. The van der Waals surface area contributed by atoms with E-state index in [1.807, 2.05) is 0 Å². The molecule has 0 saturated heterocycles. The van der Waals surface area contributed by atoms with E-state index in [1.165, 1.54) is 0 Å². The molecule has 61 valence electrons. The van der Waals surface area contributed by atoms with E-state index in [-0.39, 0.29) is 13.0 Å². The highest BCUT2D eigenvalue weighted by Crippen LogP contribution is 2.14. The van der Waals surface area contributed by atoms with Gasteiger partial charge in [-0.25, -0.2) is 5.11 Å². The van der Waals surface area contributed by atoms with Gasteiger partial charge >= 0.3 is 6.18 Å². The SMILES string of the molecule is [O]CCCOCC(F)(F)F. The van der Waals surface area contributed by atoms with E-state index in [0.29, 0.717) is 0 Å². The number of halogens is 3. The Hall–Kier alpha value is -0.290. The quantitative estimate of drug-likeness (QED) is 0.567. The van der Waals surface area contributed by atoms with Crippen LogP contribution in [0.4, 0.5) is 13.2 Å². The lowest BCUT2D eigenvalue weighted by atomic mass is 10.5. The van der Waals surface area contributed by atoms with Gasteiger partial charge < -0.3 is 4.74 Å². The molecule has 0 bridgehead atoms. The van der Waals surface area contributed by atoms with Crippen molar-refractivity contribution in [2.24, 2.45) is 0 Å². The molecule has 10 heavy (non-hydrogen) atoms.